The van der Waals surface area contributed by atoms with Crippen LogP contribution in [0.3, 0.4) is 0 Å². The largest absolute Gasteiger partial charge is 0.497 e. The average Bonchev–Trinajstić information content (AvgIpc) is 3.34. The van der Waals surface area contributed by atoms with Crippen LogP contribution in [0.5, 0.6) is 11.5 Å². The number of amides is 1. The average molecular weight is 523 g/mol. The Morgan fingerprint density at radius 3 is 2.45 bits per heavy atom. The van der Waals surface area contributed by atoms with Gasteiger partial charge in [0.25, 0.3) is 0 Å². The number of rotatable bonds is 10. The lowest BCUT2D eigenvalue weighted by Crippen LogP contribution is -2.29. The summed E-state index contributed by atoms with van der Waals surface area (Å²) in [5.41, 5.74) is 9.13. The van der Waals surface area contributed by atoms with E-state index in [9.17, 15) is 14.3 Å². The quantitative estimate of drug-likeness (QED) is 0.270. The summed E-state index contributed by atoms with van der Waals surface area (Å²) in [5, 5.41) is 9.77. The Hall–Kier alpha value is -4.64. The van der Waals surface area contributed by atoms with Gasteiger partial charge in [-0.25, -0.2) is 19.2 Å². The fraction of sp³-hybridized carbons (Fsp3) is 0.222. The minimum Gasteiger partial charge on any atom is -0.497 e. The van der Waals surface area contributed by atoms with E-state index in [-0.39, 0.29) is 31.3 Å². The van der Waals surface area contributed by atoms with Crippen molar-refractivity contribution in [2.75, 3.05) is 24.9 Å². The second kappa shape index (κ2) is 11.6. The number of hydrogen-bond donors (Lipinski definition) is 2. The molecular weight excluding hydrogens is 495 g/mol. The molecule has 0 saturated carbocycles. The van der Waals surface area contributed by atoms with Crippen molar-refractivity contribution in [2.45, 2.75) is 26.7 Å². The number of aryl methyl sites for hydroxylation is 1. The molecule has 1 amide bonds. The van der Waals surface area contributed by atoms with Crippen molar-refractivity contribution in [1.29, 1.82) is 0 Å². The van der Waals surface area contributed by atoms with Crippen LogP contribution in [-0.4, -0.2) is 35.4 Å². The van der Waals surface area contributed by atoms with Crippen molar-refractivity contribution in [3.63, 3.8) is 0 Å². The molecule has 0 saturated heterocycles. The Labute approximate surface area is 218 Å². The summed E-state index contributed by atoms with van der Waals surface area (Å²) >= 11 is 0. The van der Waals surface area contributed by atoms with Gasteiger partial charge in [-0.2, -0.15) is 0 Å². The fourth-order valence-corrected chi connectivity index (χ4v) is 3.81. The second-order valence-electron chi connectivity index (χ2n) is 8.37. The van der Waals surface area contributed by atoms with Gasteiger partial charge in [0.1, 0.15) is 29.3 Å². The molecule has 0 unspecified atom stereocenters. The molecule has 2 aromatic carbocycles. The number of benzene rings is 2. The number of carboxylic acid groups (broad SMARTS) is 1. The van der Waals surface area contributed by atoms with Gasteiger partial charge >= 0.3 is 6.09 Å². The maximum Gasteiger partial charge on any atom is 0.413 e. The van der Waals surface area contributed by atoms with E-state index in [2.05, 4.69) is 9.97 Å². The molecule has 0 spiro atoms. The topological polar surface area (TPSA) is 133 Å². The Kier molecular flexibility index (Phi) is 8.07. The van der Waals surface area contributed by atoms with E-state index in [1.165, 1.54) is 25.5 Å². The highest BCUT2D eigenvalue weighted by Gasteiger charge is 2.19. The van der Waals surface area contributed by atoms with Crippen LogP contribution in [0.2, 0.25) is 0 Å². The fourth-order valence-electron chi connectivity index (χ4n) is 3.81. The van der Waals surface area contributed by atoms with Gasteiger partial charge in [-0.15, -0.1) is 0 Å². The van der Waals surface area contributed by atoms with Gasteiger partial charge in [0.15, 0.2) is 5.75 Å². The molecule has 0 aliphatic heterocycles. The molecule has 4 aromatic rings. The zero-order chi connectivity index (χ0) is 27.2. The van der Waals surface area contributed by atoms with E-state index in [0.717, 1.165) is 4.90 Å². The predicted octanol–water partition coefficient (Wildman–Crippen LogP) is 5.18. The summed E-state index contributed by atoms with van der Waals surface area (Å²) in [4.78, 5) is 21.5. The summed E-state index contributed by atoms with van der Waals surface area (Å²) in [6, 6.07) is 12.9. The minimum absolute atomic E-state index is 0.0203. The maximum atomic E-state index is 14.5. The van der Waals surface area contributed by atoms with Gasteiger partial charge in [0.05, 0.1) is 50.9 Å². The summed E-state index contributed by atoms with van der Waals surface area (Å²) in [6.07, 6.45) is 0.291. The zero-order valence-corrected chi connectivity index (χ0v) is 21.1. The normalized spacial score (nSPS) is 10.8. The van der Waals surface area contributed by atoms with Gasteiger partial charge in [0, 0.05) is 0 Å². The lowest BCUT2D eigenvalue weighted by Gasteiger charge is -2.19. The highest BCUT2D eigenvalue weighted by molar-refractivity contribution is 5.84. The minimum atomic E-state index is -1.23. The van der Waals surface area contributed by atoms with Gasteiger partial charge in [0.2, 0.25) is 5.89 Å². The van der Waals surface area contributed by atoms with Crippen molar-refractivity contribution >= 4 is 17.6 Å². The maximum absolute atomic E-state index is 14.5. The lowest BCUT2D eigenvalue weighted by molar-refractivity contribution is 0.102. The Balaban J connectivity index is 1.49. The number of methoxy groups -OCH3 is 2. The molecule has 4 rings (SSSR count). The van der Waals surface area contributed by atoms with Crippen molar-refractivity contribution in [1.82, 2.24) is 9.97 Å². The summed E-state index contributed by atoms with van der Waals surface area (Å²) < 4.78 is 36.3. The number of nitrogen functional groups attached to an aromatic ring is 1. The van der Waals surface area contributed by atoms with Crippen LogP contribution in [0.25, 0.3) is 11.5 Å². The van der Waals surface area contributed by atoms with Crippen LogP contribution in [0.1, 0.15) is 22.5 Å². The number of nitrogens with zero attached hydrogens (tertiary/aromatic N) is 3. The van der Waals surface area contributed by atoms with E-state index in [1.54, 1.807) is 50.4 Å². The molecule has 38 heavy (non-hydrogen) atoms. The third-order valence-corrected chi connectivity index (χ3v) is 5.65. The third-order valence-electron chi connectivity index (χ3n) is 5.65. The van der Waals surface area contributed by atoms with Gasteiger partial charge in [-0.1, -0.05) is 12.1 Å². The molecule has 0 atom stereocenters. The molecule has 10 nitrogen and oxygen atoms in total. The molecule has 0 radical (unpaired) electrons. The summed E-state index contributed by atoms with van der Waals surface area (Å²) in [6.45, 7) is 1.69. The number of hydrogen-bond acceptors (Lipinski definition) is 8. The van der Waals surface area contributed by atoms with Crippen LogP contribution in [0, 0.1) is 12.7 Å². The van der Waals surface area contributed by atoms with Crippen LogP contribution in [0.4, 0.5) is 20.7 Å². The molecule has 0 aliphatic carbocycles. The number of pyridine rings is 1. The molecular formula is C27H27FN4O6. The first-order valence-electron chi connectivity index (χ1n) is 11.5. The molecule has 2 aromatic heterocycles. The molecule has 2 heterocycles. The molecule has 3 N–H and O–H groups in total. The number of oxazole rings is 1. The van der Waals surface area contributed by atoms with Gasteiger partial charge < -0.3 is 29.5 Å². The smallest absolute Gasteiger partial charge is 0.413 e. The number of anilines is 2. The zero-order valence-electron chi connectivity index (χ0n) is 21.1. The number of nitrogens with two attached hydrogens (primary N) is 1. The monoisotopic (exact) mass is 522 g/mol. The summed E-state index contributed by atoms with van der Waals surface area (Å²) in [5.74, 6) is 0.870. The van der Waals surface area contributed by atoms with Crippen LogP contribution in [0.15, 0.2) is 59.2 Å². The Bertz CT molecular complexity index is 1420. The Morgan fingerprint density at radius 2 is 1.82 bits per heavy atom. The highest BCUT2D eigenvalue weighted by atomic mass is 19.1. The van der Waals surface area contributed by atoms with Crippen molar-refractivity contribution < 1.29 is 32.9 Å². The number of carbonyl (C=O) groups is 1. The van der Waals surface area contributed by atoms with E-state index >= 15 is 0 Å². The first-order chi connectivity index (χ1) is 18.3. The lowest BCUT2D eigenvalue weighted by atomic mass is 10.1. The second-order valence-corrected chi connectivity index (χ2v) is 8.37. The first kappa shape index (κ1) is 26.4. The van der Waals surface area contributed by atoms with Gasteiger partial charge in [-0.05, 0) is 54.4 Å². The molecule has 0 bridgehead atoms. The SMILES string of the molecule is COc1ccc(CN(C(=O)O)c2ccc(F)c(COCc3cc(N)c(OC)c(-c4nc(C)co4)c3)n2)cc1. The summed E-state index contributed by atoms with van der Waals surface area (Å²) in [7, 11) is 3.04. The van der Waals surface area contributed by atoms with Crippen molar-refractivity contribution in [3.8, 4) is 23.0 Å². The van der Waals surface area contributed by atoms with E-state index in [1.807, 2.05) is 0 Å². The first-order valence-corrected chi connectivity index (χ1v) is 11.5. The van der Waals surface area contributed by atoms with E-state index in [4.69, 9.17) is 24.4 Å². The molecule has 0 fully saturated rings. The standard InChI is InChI=1S/C27H27FN4O6/c1-16-13-38-26(30-16)20-10-18(11-22(29)25(20)36-3)14-37-15-23-21(28)8-9-24(31-23)32(27(33)34)12-17-4-6-19(35-2)7-5-17/h4-11,13H,12,14-15,29H2,1-3H3,(H,33,34). The molecule has 198 valence electrons. The highest BCUT2D eigenvalue weighted by Crippen LogP contribution is 2.36. The number of aromatic nitrogens is 2. The van der Waals surface area contributed by atoms with E-state index in [0.29, 0.717) is 45.5 Å². The van der Waals surface area contributed by atoms with Crippen molar-refractivity contribution in [2.24, 2.45) is 0 Å². The van der Waals surface area contributed by atoms with E-state index < -0.39 is 11.9 Å². The Morgan fingerprint density at radius 1 is 1.05 bits per heavy atom. The number of ether oxygens (including phenoxy) is 3. The molecule has 0 aliphatic rings. The van der Waals surface area contributed by atoms with Crippen LogP contribution >= 0.6 is 0 Å². The van der Waals surface area contributed by atoms with Crippen LogP contribution < -0.4 is 20.1 Å². The van der Waals surface area contributed by atoms with Crippen molar-refractivity contribution in [3.05, 3.63) is 83.1 Å². The number of halogens is 1. The van der Waals surface area contributed by atoms with Crippen LogP contribution in [-0.2, 0) is 24.5 Å². The predicted molar refractivity (Wildman–Crippen MR) is 138 cm³/mol. The van der Waals surface area contributed by atoms with Gasteiger partial charge in [-0.3, -0.25) is 4.90 Å². The molecule has 11 heteroatoms. The third kappa shape index (κ3) is 6.01.